The van der Waals surface area contributed by atoms with Crippen molar-refractivity contribution >= 4 is 28.4 Å². The van der Waals surface area contributed by atoms with Gasteiger partial charge in [-0.25, -0.2) is 0 Å². The highest BCUT2D eigenvalue weighted by Gasteiger charge is 2.10. The van der Waals surface area contributed by atoms with Crippen molar-refractivity contribution in [3.05, 3.63) is 57.7 Å². The Bertz CT molecular complexity index is 547. The van der Waals surface area contributed by atoms with Crippen LogP contribution in [0, 0.1) is 3.57 Å². The maximum Gasteiger partial charge on any atom is 0.166 e. The Balaban J connectivity index is 2.28. The summed E-state index contributed by atoms with van der Waals surface area (Å²) < 4.78 is 6.91. The first-order chi connectivity index (χ1) is 8.70. The molecule has 2 rings (SSSR count). The second kappa shape index (κ2) is 6.00. The SMILES string of the molecule is CCC(=O)c1ccccc1Oc1ccc(I)cc1. The van der Waals surface area contributed by atoms with Gasteiger partial charge in [0.25, 0.3) is 0 Å². The van der Waals surface area contributed by atoms with E-state index in [1.807, 2.05) is 49.4 Å². The molecule has 92 valence electrons. The summed E-state index contributed by atoms with van der Waals surface area (Å²) in [5.74, 6) is 1.45. The van der Waals surface area contributed by atoms with Crippen LogP contribution in [0.5, 0.6) is 11.5 Å². The molecule has 0 aromatic heterocycles. The van der Waals surface area contributed by atoms with Gasteiger partial charge in [-0.15, -0.1) is 0 Å². The molecule has 0 aliphatic rings. The number of hydrogen-bond acceptors (Lipinski definition) is 2. The Hall–Kier alpha value is -1.36. The van der Waals surface area contributed by atoms with Crippen LogP contribution in [0.2, 0.25) is 0 Å². The predicted octanol–water partition coefficient (Wildman–Crippen LogP) is 4.68. The first-order valence-corrected chi connectivity index (χ1v) is 6.84. The van der Waals surface area contributed by atoms with Gasteiger partial charge in [0.05, 0.1) is 5.56 Å². The van der Waals surface area contributed by atoms with Crippen molar-refractivity contribution in [2.45, 2.75) is 13.3 Å². The van der Waals surface area contributed by atoms with Crippen molar-refractivity contribution in [2.75, 3.05) is 0 Å². The van der Waals surface area contributed by atoms with Gasteiger partial charge in [-0.05, 0) is 59.0 Å². The molecule has 0 radical (unpaired) electrons. The van der Waals surface area contributed by atoms with Crippen LogP contribution in [0.25, 0.3) is 0 Å². The zero-order valence-corrected chi connectivity index (χ0v) is 12.2. The number of benzene rings is 2. The van der Waals surface area contributed by atoms with Gasteiger partial charge in [0, 0.05) is 9.99 Å². The number of Topliss-reactive ketones (excluding diaryl/α,β-unsaturated/α-hetero) is 1. The number of para-hydroxylation sites is 1. The molecule has 2 nitrogen and oxygen atoms in total. The molecule has 0 bridgehead atoms. The molecule has 0 saturated heterocycles. The van der Waals surface area contributed by atoms with Gasteiger partial charge in [-0.3, -0.25) is 4.79 Å². The number of carbonyl (C=O) groups excluding carboxylic acids is 1. The van der Waals surface area contributed by atoms with Crippen molar-refractivity contribution in [3.63, 3.8) is 0 Å². The number of carbonyl (C=O) groups is 1. The molecule has 3 heteroatoms. The van der Waals surface area contributed by atoms with Crippen molar-refractivity contribution in [2.24, 2.45) is 0 Å². The lowest BCUT2D eigenvalue weighted by atomic mass is 10.1. The zero-order chi connectivity index (χ0) is 13.0. The van der Waals surface area contributed by atoms with Crippen molar-refractivity contribution in [1.82, 2.24) is 0 Å². The first-order valence-electron chi connectivity index (χ1n) is 5.76. The summed E-state index contributed by atoms with van der Waals surface area (Å²) >= 11 is 2.24. The van der Waals surface area contributed by atoms with Crippen LogP contribution in [0.3, 0.4) is 0 Å². The van der Waals surface area contributed by atoms with E-state index in [0.29, 0.717) is 17.7 Å². The van der Waals surface area contributed by atoms with E-state index in [1.165, 1.54) is 0 Å². The summed E-state index contributed by atoms with van der Waals surface area (Å²) in [6, 6.07) is 15.1. The van der Waals surface area contributed by atoms with E-state index in [9.17, 15) is 4.79 Å². The Morgan fingerprint density at radius 1 is 1.11 bits per heavy atom. The third kappa shape index (κ3) is 3.10. The average molecular weight is 352 g/mol. The third-order valence-electron chi connectivity index (χ3n) is 2.55. The molecule has 0 atom stereocenters. The molecule has 0 unspecified atom stereocenters. The smallest absolute Gasteiger partial charge is 0.166 e. The van der Waals surface area contributed by atoms with Gasteiger partial charge in [0.2, 0.25) is 0 Å². The first kappa shape index (κ1) is 13.1. The van der Waals surface area contributed by atoms with Gasteiger partial charge in [-0.2, -0.15) is 0 Å². The highest BCUT2D eigenvalue weighted by Crippen LogP contribution is 2.26. The van der Waals surface area contributed by atoms with Crippen LogP contribution >= 0.6 is 22.6 Å². The third-order valence-corrected chi connectivity index (χ3v) is 3.27. The molecule has 2 aromatic carbocycles. The van der Waals surface area contributed by atoms with Crippen LogP contribution in [-0.2, 0) is 0 Å². The van der Waals surface area contributed by atoms with E-state index >= 15 is 0 Å². The second-order valence-corrected chi connectivity index (χ2v) is 5.07. The topological polar surface area (TPSA) is 26.3 Å². The van der Waals surface area contributed by atoms with Crippen LogP contribution in [0.15, 0.2) is 48.5 Å². The zero-order valence-electron chi connectivity index (χ0n) is 10.0. The van der Waals surface area contributed by atoms with Crippen LogP contribution in [-0.4, -0.2) is 5.78 Å². The van der Waals surface area contributed by atoms with Crippen LogP contribution in [0.1, 0.15) is 23.7 Å². The minimum atomic E-state index is 0.0936. The average Bonchev–Trinajstić information content (AvgIpc) is 2.41. The fourth-order valence-corrected chi connectivity index (χ4v) is 1.97. The summed E-state index contributed by atoms with van der Waals surface area (Å²) in [4.78, 5) is 11.8. The van der Waals surface area contributed by atoms with Crippen LogP contribution in [0.4, 0.5) is 0 Å². The highest BCUT2D eigenvalue weighted by atomic mass is 127. The summed E-state index contributed by atoms with van der Waals surface area (Å²) in [6.45, 7) is 1.85. The molecule has 0 spiro atoms. The van der Waals surface area contributed by atoms with Crippen molar-refractivity contribution in [1.29, 1.82) is 0 Å². The molecule has 18 heavy (non-hydrogen) atoms. The fraction of sp³-hybridized carbons (Fsp3) is 0.133. The lowest BCUT2D eigenvalue weighted by molar-refractivity contribution is 0.0986. The summed E-state index contributed by atoms with van der Waals surface area (Å²) in [5.41, 5.74) is 0.638. The molecule has 0 aliphatic heterocycles. The van der Waals surface area contributed by atoms with E-state index in [-0.39, 0.29) is 5.78 Å². The van der Waals surface area contributed by atoms with Crippen LogP contribution < -0.4 is 4.74 Å². The highest BCUT2D eigenvalue weighted by molar-refractivity contribution is 14.1. The number of ether oxygens (including phenoxy) is 1. The Morgan fingerprint density at radius 2 is 1.78 bits per heavy atom. The minimum Gasteiger partial charge on any atom is -0.457 e. The lowest BCUT2D eigenvalue weighted by Gasteiger charge is -2.09. The summed E-state index contributed by atoms with van der Waals surface area (Å²) in [5, 5.41) is 0. The fourth-order valence-electron chi connectivity index (χ4n) is 1.61. The van der Waals surface area contributed by atoms with Gasteiger partial charge in [0.1, 0.15) is 11.5 Å². The maximum absolute atomic E-state index is 11.8. The predicted molar refractivity (Wildman–Crippen MR) is 80.3 cm³/mol. The summed E-state index contributed by atoms with van der Waals surface area (Å²) in [6.07, 6.45) is 0.479. The van der Waals surface area contributed by atoms with E-state index in [4.69, 9.17) is 4.74 Å². The van der Waals surface area contributed by atoms with Gasteiger partial charge < -0.3 is 4.74 Å². The van der Waals surface area contributed by atoms with E-state index in [2.05, 4.69) is 22.6 Å². The number of hydrogen-bond donors (Lipinski definition) is 0. The Morgan fingerprint density at radius 3 is 2.44 bits per heavy atom. The second-order valence-electron chi connectivity index (χ2n) is 3.83. The lowest BCUT2D eigenvalue weighted by Crippen LogP contribution is -1.99. The summed E-state index contributed by atoms with van der Waals surface area (Å²) in [7, 11) is 0. The van der Waals surface area contributed by atoms with E-state index in [1.54, 1.807) is 6.07 Å². The molecule has 0 amide bonds. The number of ketones is 1. The van der Waals surface area contributed by atoms with Crippen molar-refractivity contribution < 1.29 is 9.53 Å². The Labute approximate surface area is 120 Å². The molecule has 2 aromatic rings. The molecular formula is C15H13IO2. The number of rotatable bonds is 4. The quantitative estimate of drug-likeness (QED) is 0.590. The van der Waals surface area contributed by atoms with E-state index < -0.39 is 0 Å². The van der Waals surface area contributed by atoms with Gasteiger partial charge in [0.15, 0.2) is 5.78 Å². The molecule has 0 N–H and O–H groups in total. The minimum absolute atomic E-state index is 0.0936. The Kier molecular flexibility index (Phi) is 4.36. The molecule has 0 heterocycles. The molecule has 0 fully saturated rings. The standard InChI is InChI=1S/C15H13IO2/c1-2-14(17)13-5-3-4-6-15(13)18-12-9-7-11(16)8-10-12/h3-10H,2H2,1H3. The largest absolute Gasteiger partial charge is 0.457 e. The van der Waals surface area contributed by atoms with Gasteiger partial charge in [-0.1, -0.05) is 19.1 Å². The molecule has 0 aliphatic carbocycles. The normalized spacial score (nSPS) is 10.1. The monoisotopic (exact) mass is 352 g/mol. The maximum atomic E-state index is 11.8. The van der Waals surface area contributed by atoms with E-state index in [0.717, 1.165) is 9.32 Å². The van der Waals surface area contributed by atoms with Gasteiger partial charge >= 0.3 is 0 Å². The molecule has 0 saturated carbocycles. The molecular weight excluding hydrogens is 339 g/mol. The van der Waals surface area contributed by atoms with Crippen molar-refractivity contribution in [3.8, 4) is 11.5 Å². The number of halogens is 1.